The number of hydrogen-bond donors (Lipinski definition) is 5. The molecule has 1 aliphatic rings. The molecule has 0 radical (unpaired) electrons. The lowest BCUT2D eigenvalue weighted by Crippen LogP contribution is -2.18. The molecule has 0 atom stereocenters. The van der Waals surface area contributed by atoms with E-state index < -0.39 is 11.9 Å². The van der Waals surface area contributed by atoms with Crippen LogP contribution in [0.25, 0.3) is 56.4 Å². The van der Waals surface area contributed by atoms with Gasteiger partial charge in [0.25, 0.3) is 11.4 Å². The second-order valence-corrected chi connectivity index (χ2v) is 11.0. The predicted molar refractivity (Wildman–Crippen MR) is 172 cm³/mol. The number of allylic oxidation sites excluding steroid dienone is 2. The van der Waals surface area contributed by atoms with Crippen LogP contribution in [0.2, 0.25) is 0 Å². The van der Waals surface area contributed by atoms with Gasteiger partial charge in [-0.25, -0.2) is 0 Å². The third-order valence-electron chi connectivity index (χ3n) is 8.50. The van der Waals surface area contributed by atoms with Crippen LogP contribution in [0.1, 0.15) is 71.0 Å². The molecular weight excluding hydrogens is 544 g/mol. The number of fused-ring (bicyclic) bond motifs is 8. The van der Waals surface area contributed by atoms with Crippen molar-refractivity contribution in [3.8, 4) is 0 Å². The first-order valence-corrected chi connectivity index (χ1v) is 14.1. The Morgan fingerprint density at radius 2 is 1.16 bits per heavy atom. The Bertz CT molecular complexity index is 2090. The minimum Gasteiger partial charge on any atom is -0.481 e. The second-order valence-electron chi connectivity index (χ2n) is 11.0. The minimum absolute atomic E-state index is 0.0836. The summed E-state index contributed by atoms with van der Waals surface area (Å²) in [7, 11) is 0. The fourth-order valence-electron chi connectivity index (χ4n) is 6.02. The van der Waals surface area contributed by atoms with Crippen molar-refractivity contribution in [3.63, 3.8) is 0 Å². The zero-order valence-electron chi connectivity index (χ0n) is 24.8. The van der Waals surface area contributed by atoms with Gasteiger partial charge in [0.05, 0.1) is 4.43 Å². The monoisotopic (exact) mass is 579 g/mol. The number of aromatic nitrogens is 4. The van der Waals surface area contributed by atoms with Crippen molar-refractivity contribution < 1.29 is 24.2 Å². The Morgan fingerprint density at radius 3 is 1.70 bits per heavy atom. The molecule has 0 aromatic carbocycles. The average Bonchev–Trinajstić information content (AvgIpc) is 3.59. The molecule has 0 spiro atoms. The summed E-state index contributed by atoms with van der Waals surface area (Å²) in [5.41, 5.74) is 12.1. The number of H-pyrrole nitrogens is 3. The van der Waals surface area contributed by atoms with E-state index in [0.717, 1.165) is 65.4 Å². The summed E-state index contributed by atoms with van der Waals surface area (Å²) in [5.74, 6) is -1.89. The lowest BCUT2D eigenvalue weighted by molar-refractivity contribution is -0.496. The first-order chi connectivity index (χ1) is 20.4. The molecule has 4 aromatic rings. The highest BCUT2D eigenvalue weighted by Gasteiger charge is 2.31. The van der Waals surface area contributed by atoms with Gasteiger partial charge < -0.3 is 25.2 Å². The van der Waals surface area contributed by atoms with Crippen molar-refractivity contribution in [3.05, 3.63) is 87.1 Å². The molecule has 0 aliphatic carbocycles. The molecule has 0 unspecified atom stereocenters. The van der Waals surface area contributed by atoms with Crippen molar-refractivity contribution in [1.82, 2.24) is 15.0 Å². The van der Waals surface area contributed by atoms with E-state index in [1.54, 1.807) is 24.3 Å². The largest absolute Gasteiger partial charge is 0.481 e. The number of aliphatic carboxylic acids is 2. The maximum atomic E-state index is 14.0. The van der Waals surface area contributed by atoms with E-state index in [4.69, 9.17) is 0 Å². The number of carboxylic acid groups (broad SMARTS) is 2. The fourth-order valence-corrected chi connectivity index (χ4v) is 6.02. The SMILES string of the molecule is C=Cc1c(C)c2cc3[n+](=O)c(cc4[nH]c(cc5[nH]c(cc1[nH]2)c(C)c5C=C)c(C)c4CCC(=O)O)C(CCC(=O)O)=C3C. The molecule has 43 heavy (non-hydrogen) atoms. The average molecular weight is 580 g/mol. The zero-order chi connectivity index (χ0) is 31.2. The smallest absolute Gasteiger partial charge is 0.303 e. The van der Waals surface area contributed by atoms with Crippen molar-refractivity contribution in [2.24, 2.45) is 0 Å². The van der Waals surface area contributed by atoms with Gasteiger partial charge in [0.15, 0.2) is 0 Å². The Kier molecular flexibility index (Phi) is 7.67. The van der Waals surface area contributed by atoms with Gasteiger partial charge in [0, 0.05) is 85.3 Å². The molecule has 5 N–H and O–H groups in total. The Morgan fingerprint density at radius 1 is 0.698 bits per heavy atom. The van der Waals surface area contributed by atoms with E-state index in [9.17, 15) is 24.7 Å². The highest BCUT2D eigenvalue weighted by Crippen LogP contribution is 2.34. The normalized spacial score (nSPS) is 12.2. The van der Waals surface area contributed by atoms with Crippen molar-refractivity contribution in [1.29, 1.82) is 0 Å². The van der Waals surface area contributed by atoms with E-state index >= 15 is 0 Å². The third kappa shape index (κ3) is 5.18. The summed E-state index contributed by atoms with van der Waals surface area (Å²) in [5, 5.41) is 18.9. The molecule has 8 bridgehead atoms. The van der Waals surface area contributed by atoms with Gasteiger partial charge in [-0.15, -0.1) is 0 Å². The number of nitrogens with zero attached hydrogens (tertiary/aromatic N) is 1. The van der Waals surface area contributed by atoms with Crippen molar-refractivity contribution in [2.45, 2.75) is 53.4 Å². The lowest BCUT2D eigenvalue weighted by Gasteiger charge is -1.99. The molecule has 1 aliphatic heterocycles. The van der Waals surface area contributed by atoms with E-state index in [1.165, 1.54) is 0 Å². The number of rotatable bonds is 8. The highest BCUT2D eigenvalue weighted by molar-refractivity contribution is 5.93. The lowest BCUT2D eigenvalue weighted by atomic mass is 10.0. The van der Waals surface area contributed by atoms with Gasteiger partial charge in [-0.05, 0) is 74.9 Å². The molecule has 9 nitrogen and oxygen atoms in total. The molecule has 5 heterocycles. The maximum Gasteiger partial charge on any atom is 0.303 e. The molecule has 4 aromatic heterocycles. The van der Waals surface area contributed by atoms with E-state index in [1.807, 2.05) is 39.8 Å². The maximum absolute atomic E-state index is 14.0. The van der Waals surface area contributed by atoms with Crippen LogP contribution in [0.15, 0.2) is 37.4 Å². The van der Waals surface area contributed by atoms with Crippen LogP contribution in [0.5, 0.6) is 0 Å². The first-order valence-electron chi connectivity index (χ1n) is 14.1. The summed E-state index contributed by atoms with van der Waals surface area (Å²) in [4.78, 5) is 47.5. The number of aromatic amines is 3. The Hall–Kier alpha value is -5.18. The van der Waals surface area contributed by atoms with Gasteiger partial charge in [0.1, 0.15) is 0 Å². The quantitative estimate of drug-likeness (QED) is 0.142. The van der Waals surface area contributed by atoms with E-state index in [-0.39, 0.29) is 25.7 Å². The number of carbonyl (C=O) groups is 2. The van der Waals surface area contributed by atoms with Gasteiger partial charge >= 0.3 is 11.9 Å². The second kappa shape index (κ2) is 11.2. The van der Waals surface area contributed by atoms with E-state index in [2.05, 4.69) is 28.1 Å². The minimum atomic E-state index is -0.961. The van der Waals surface area contributed by atoms with Gasteiger partial charge in [-0.2, -0.15) is 0 Å². The van der Waals surface area contributed by atoms with Crippen molar-refractivity contribution >= 4 is 68.3 Å². The van der Waals surface area contributed by atoms with Crippen LogP contribution in [0.3, 0.4) is 0 Å². The number of hydrogen-bond acceptors (Lipinski definition) is 3. The highest BCUT2D eigenvalue weighted by atomic mass is 16.4. The molecule has 0 saturated carbocycles. The van der Waals surface area contributed by atoms with Gasteiger partial charge in [-0.3, -0.25) is 9.59 Å². The van der Waals surface area contributed by atoms with Crippen molar-refractivity contribution in [2.75, 3.05) is 0 Å². The third-order valence-corrected chi connectivity index (χ3v) is 8.50. The fraction of sp³-hybridized carbons (Fsp3) is 0.235. The first kappa shape index (κ1) is 29.3. The molecule has 9 heteroatoms. The molecule has 0 saturated heterocycles. The number of nitrogens with one attached hydrogen (secondary N) is 3. The molecule has 0 amide bonds. The van der Waals surface area contributed by atoms with Crippen LogP contribution in [0.4, 0.5) is 0 Å². The van der Waals surface area contributed by atoms with Gasteiger partial charge in [-0.1, -0.05) is 25.3 Å². The topological polar surface area (TPSA) is 145 Å². The Balaban J connectivity index is 2.01. The summed E-state index contributed by atoms with van der Waals surface area (Å²) in [6.45, 7) is 15.8. The molecule has 0 fully saturated rings. The van der Waals surface area contributed by atoms with Crippen LogP contribution < -0.4 is 4.43 Å². The summed E-state index contributed by atoms with van der Waals surface area (Å²) in [6, 6.07) is 7.49. The molecular formula is C34H35N4O5+. The van der Waals surface area contributed by atoms with Crippen LogP contribution in [0, 0.1) is 25.7 Å². The van der Waals surface area contributed by atoms with E-state index in [0.29, 0.717) is 28.1 Å². The molecule has 220 valence electrons. The summed E-state index contributed by atoms with van der Waals surface area (Å²) in [6.07, 6.45) is 3.78. The van der Waals surface area contributed by atoms with Crippen LogP contribution in [-0.2, 0) is 16.0 Å². The van der Waals surface area contributed by atoms with Gasteiger partial charge in [0.2, 0.25) is 0 Å². The summed E-state index contributed by atoms with van der Waals surface area (Å²) < 4.78 is 0.840. The number of carboxylic acids is 2. The Labute approximate surface area is 247 Å². The molecule has 5 rings (SSSR count). The van der Waals surface area contributed by atoms with Crippen LogP contribution >= 0.6 is 0 Å². The summed E-state index contributed by atoms with van der Waals surface area (Å²) >= 11 is 0. The number of aryl methyl sites for hydroxylation is 4. The zero-order valence-corrected chi connectivity index (χ0v) is 24.8. The van der Waals surface area contributed by atoms with Crippen LogP contribution in [-0.4, -0.2) is 37.1 Å². The predicted octanol–water partition coefficient (Wildman–Crippen LogP) is 7.07. The standard InChI is InChI=1S/C34H34N4O5/c1-7-21-17(3)25-13-29-22(8-2)18(4)27(37-29)15-31-20(6)24(10-12-34(41)42)32(38(31)43)16-30-23(9-11-33(39)40)19(5)26(36-30)14-28(21)35-25/h7-8,13-16H,1-2,9-12H2,3-6H3,(H4-,35,36,37,39,40,41,42,43)/p+1.